The van der Waals surface area contributed by atoms with E-state index >= 15 is 0 Å². The van der Waals surface area contributed by atoms with Crippen LogP contribution in [0.25, 0.3) is 0 Å². The van der Waals surface area contributed by atoms with Crippen molar-refractivity contribution in [1.29, 1.82) is 0 Å². The number of benzene rings is 3. The van der Waals surface area contributed by atoms with E-state index in [0.29, 0.717) is 25.8 Å². The van der Waals surface area contributed by atoms with E-state index in [1.165, 1.54) is 12.0 Å². The van der Waals surface area contributed by atoms with E-state index in [2.05, 4.69) is 36.5 Å². The molecule has 0 aliphatic heterocycles. The molecule has 200 valence electrons. The van der Waals surface area contributed by atoms with Crippen LogP contribution < -0.4 is 10.1 Å². The number of nitrogens with one attached hydrogen (secondary N) is 1. The first kappa shape index (κ1) is 27.4. The second-order valence-corrected chi connectivity index (χ2v) is 10.4. The Kier molecular flexibility index (Phi) is 9.97. The average Bonchev–Trinajstić information content (AvgIpc) is 2.95. The van der Waals surface area contributed by atoms with Crippen LogP contribution in [0.15, 0.2) is 78.9 Å². The largest absolute Gasteiger partial charge is 0.497 e. The van der Waals surface area contributed by atoms with Gasteiger partial charge in [-0.05, 0) is 55.0 Å². The van der Waals surface area contributed by atoms with Crippen molar-refractivity contribution in [2.45, 2.75) is 76.9 Å². The van der Waals surface area contributed by atoms with E-state index in [9.17, 15) is 9.59 Å². The molecular formula is C33H40N2O3. The maximum Gasteiger partial charge on any atom is 0.243 e. The number of carbonyl (C=O) groups is 2. The van der Waals surface area contributed by atoms with Crippen molar-refractivity contribution in [3.63, 3.8) is 0 Å². The quantitative estimate of drug-likeness (QED) is 0.342. The first-order chi connectivity index (χ1) is 18.5. The molecular weight excluding hydrogens is 472 g/mol. The highest BCUT2D eigenvalue weighted by Crippen LogP contribution is 2.22. The van der Waals surface area contributed by atoms with Crippen LogP contribution in [-0.4, -0.2) is 35.9 Å². The molecule has 5 heteroatoms. The molecule has 1 atom stereocenters. The van der Waals surface area contributed by atoms with Gasteiger partial charge in [-0.2, -0.15) is 0 Å². The number of amides is 2. The van der Waals surface area contributed by atoms with Crippen molar-refractivity contribution in [2.24, 2.45) is 0 Å². The van der Waals surface area contributed by atoms with Gasteiger partial charge in [0.1, 0.15) is 11.8 Å². The smallest absolute Gasteiger partial charge is 0.243 e. The van der Waals surface area contributed by atoms with Crippen LogP contribution in [-0.2, 0) is 29.0 Å². The minimum absolute atomic E-state index is 0.0203. The highest BCUT2D eigenvalue weighted by molar-refractivity contribution is 5.88. The van der Waals surface area contributed by atoms with Gasteiger partial charge in [0.05, 0.1) is 7.11 Å². The van der Waals surface area contributed by atoms with Gasteiger partial charge in [0.15, 0.2) is 0 Å². The lowest BCUT2D eigenvalue weighted by Crippen LogP contribution is -2.52. The Hall–Kier alpha value is -3.60. The molecule has 0 aromatic heterocycles. The molecule has 0 spiro atoms. The van der Waals surface area contributed by atoms with E-state index in [-0.39, 0.29) is 17.9 Å². The van der Waals surface area contributed by atoms with Gasteiger partial charge in [-0.15, -0.1) is 0 Å². The molecule has 1 saturated carbocycles. The van der Waals surface area contributed by atoms with Crippen LogP contribution in [0.5, 0.6) is 5.75 Å². The highest BCUT2D eigenvalue weighted by atomic mass is 16.5. The Morgan fingerprint density at radius 1 is 0.895 bits per heavy atom. The maximum absolute atomic E-state index is 13.9. The fourth-order valence-electron chi connectivity index (χ4n) is 5.22. The Labute approximate surface area is 227 Å². The maximum atomic E-state index is 13.9. The van der Waals surface area contributed by atoms with Crippen molar-refractivity contribution in [1.82, 2.24) is 10.2 Å². The van der Waals surface area contributed by atoms with Crippen LogP contribution in [0.4, 0.5) is 0 Å². The van der Waals surface area contributed by atoms with Crippen molar-refractivity contribution in [2.75, 3.05) is 7.11 Å². The summed E-state index contributed by atoms with van der Waals surface area (Å²) >= 11 is 0. The third-order valence-corrected chi connectivity index (χ3v) is 7.46. The Morgan fingerprint density at radius 3 is 2.32 bits per heavy atom. The van der Waals surface area contributed by atoms with Crippen LogP contribution in [0.3, 0.4) is 0 Å². The van der Waals surface area contributed by atoms with Gasteiger partial charge in [-0.3, -0.25) is 9.59 Å². The summed E-state index contributed by atoms with van der Waals surface area (Å²) in [4.78, 5) is 29.5. The van der Waals surface area contributed by atoms with Crippen LogP contribution >= 0.6 is 0 Å². The molecule has 1 fully saturated rings. The van der Waals surface area contributed by atoms with Gasteiger partial charge in [-0.1, -0.05) is 91.6 Å². The summed E-state index contributed by atoms with van der Waals surface area (Å²) in [5.74, 6) is 0.654. The molecule has 0 bridgehead atoms. The number of ether oxygens (including phenoxy) is 1. The summed E-state index contributed by atoms with van der Waals surface area (Å²) < 4.78 is 5.43. The minimum atomic E-state index is -0.601. The molecule has 2 amide bonds. The zero-order chi connectivity index (χ0) is 26.7. The average molecular weight is 513 g/mol. The zero-order valence-electron chi connectivity index (χ0n) is 22.7. The molecule has 1 aliphatic carbocycles. The Bertz CT molecular complexity index is 1170. The number of carbonyl (C=O) groups excluding carboxylic acids is 2. The fourth-order valence-corrected chi connectivity index (χ4v) is 5.22. The third kappa shape index (κ3) is 7.95. The number of rotatable bonds is 11. The molecule has 0 heterocycles. The molecule has 4 rings (SSSR count). The van der Waals surface area contributed by atoms with Crippen molar-refractivity contribution < 1.29 is 14.3 Å². The lowest BCUT2D eigenvalue weighted by molar-refractivity contribution is -0.141. The monoisotopic (exact) mass is 512 g/mol. The predicted octanol–water partition coefficient (Wildman–Crippen LogP) is 6.03. The molecule has 1 N–H and O–H groups in total. The first-order valence-corrected chi connectivity index (χ1v) is 13.8. The molecule has 3 aromatic carbocycles. The molecule has 0 radical (unpaired) electrons. The van der Waals surface area contributed by atoms with Crippen LogP contribution in [0, 0.1) is 6.92 Å². The van der Waals surface area contributed by atoms with Crippen LogP contribution in [0.2, 0.25) is 0 Å². The fraction of sp³-hybridized carbons (Fsp3) is 0.394. The molecule has 1 aliphatic rings. The van der Waals surface area contributed by atoms with E-state index in [0.717, 1.165) is 48.1 Å². The van der Waals surface area contributed by atoms with Gasteiger partial charge in [0.25, 0.3) is 0 Å². The second-order valence-electron chi connectivity index (χ2n) is 10.4. The minimum Gasteiger partial charge on any atom is -0.497 e. The molecule has 5 nitrogen and oxygen atoms in total. The molecule has 38 heavy (non-hydrogen) atoms. The van der Waals surface area contributed by atoms with Gasteiger partial charge >= 0.3 is 0 Å². The number of hydrogen-bond acceptors (Lipinski definition) is 3. The lowest BCUT2D eigenvalue weighted by Gasteiger charge is -2.33. The van der Waals surface area contributed by atoms with E-state index in [1.807, 2.05) is 54.6 Å². The molecule has 0 saturated heterocycles. The predicted molar refractivity (Wildman–Crippen MR) is 152 cm³/mol. The van der Waals surface area contributed by atoms with Gasteiger partial charge in [0.2, 0.25) is 11.8 Å². The van der Waals surface area contributed by atoms with E-state index in [1.54, 1.807) is 12.0 Å². The van der Waals surface area contributed by atoms with Crippen molar-refractivity contribution in [3.8, 4) is 5.75 Å². The highest BCUT2D eigenvalue weighted by Gasteiger charge is 2.31. The number of nitrogens with zero attached hydrogens (tertiary/aromatic N) is 1. The van der Waals surface area contributed by atoms with Gasteiger partial charge < -0.3 is 15.0 Å². The molecule has 0 unspecified atom stereocenters. The summed E-state index contributed by atoms with van der Waals surface area (Å²) in [6, 6.07) is 25.6. The van der Waals surface area contributed by atoms with Crippen molar-refractivity contribution >= 4 is 11.8 Å². The zero-order valence-corrected chi connectivity index (χ0v) is 22.7. The van der Waals surface area contributed by atoms with Gasteiger partial charge in [0, 0.05) is 25.4 Å². The number of hydrogen-bond donors (Lipinski definition) is 1. The summed E-state index contributed by atoms with van der Waals surface area (Å²) in [5.41, 5.74) is 4.30. The number of methoxy groups -OCH3 is 1. The summed E-state index contributed by atoms with van der Waals surface area (Å²) in [6.07, 6.45) is 6.95. The normalized spacial score (nSPS) is 14.5. The topological polar surface area (TPSA) is 58.6 Å². The third-order valence-electron chi connectivity index (χ3n) is 7.46. The summed E-state index contributed by atoms with van der Waals surface area (Å²) in [7, 11) is 1.64. The second kappa shape index (κ2) is 13.8. The molecule has 3 aromatic rings. The number of aryl methyl sites for hydroxylation is 2. The summed E-state index contributed by atoms with van der Waals surface area (Å²) in [6.45, 7) is 2.41. The first-order valence-electron chi connectivity index (χ1n) is 13.8. The van der Waals surface area contributed by atoms with Gasteiger partial charge in [-0.25, -0.2) is 0 Å². The standard InChI is InChI=1S/C33H40N2O3/c1-25-16-18-26(19-17-25)20-21-32(36)35(24-28-12-9-15-30(22-28)38-2)31(23-27-10-5-3-6-11-27)33(37)34-29-13-7-4-8-14-29/h3,5-6,9-12,15-19,22,29,31H,4,7-8,13-14,20-21,23-24H2,1-2H3,(H,34,37)/t31-/m0/s1. The SMILES string of the molecule is COc1cccc(CN(C(=O)CCc2ccc(C)cc2)[C@@H](Cc2ccccc2)C(=O)NC2CCCCC2)c1. The van der Waals surface area contributed by atoms with Crippen molar-refractivity contribution in [3.05, 3.63) is 101 Å². The lowest BCUT2D eigenvalue weighted by atomic mass is 9.94. The summed E-state index contributed by atoms with van der Waals surface area (Å²) in [5, 5.41) is 3.31. The van der Waals surface area contributed by atoms with E-state index < -0.39 is 6.04 Å². The van der Waals surface area contributed by atoms with E-state index in [4.69, 9.17) is 4.74 Å². The van der Waals surface area contributed by atoms with Crippen LogP contribution in [0.1, 0.15) is 60.8 Å². The Morgan fingerprint density at radius 2 is 1.61 bits per heavy atom. The Balaban J connectivity index is 1.61.